The average molecular weight is 360 g/mol. The normalized spacial score (nSPS) is 15.8. The minimum atomic E-state index is 0.249. The van der Waals surface area contributed by atoms with E-state index >= 15 is 0 Å². The average Bonchev–Trinajstić information content (AvgIpc) is 3.38. The maximum absolute atomic E-state index is 5.68. The summed E-state index contributed by atoms with van der Waals surface area (Å²) in [5, 5.41) is 3.55. The van der Waals surface area contributed by atoms with E-state index in [0.29, 0.717) is 18.0 Å². The molecule has 3 rings (SSSR count). The molecule has 1 aromatic heterocycles. The van der Waals surface area contributed by atoms with Gasteiger partial charge in [0.15, 0.2) is 11.5 Å². The second-order valence-electron chi connectivity index (χ2n) is 6.42. The fourth-order valence-electron chi connectivity index (χ4n) is 3.52. The predicted octanol–water partition coefficient (Wildman–Crippen LogP) is 3.23. The van der Waals surface area contributed by atoms with Crippen LogP contribution in [0.5, 0.6) is 17.2 Å². The van der Waals surface area contributed by atoms with Gasteiger partial charge in [-0.3, -0.25) is 4.90 Å². The molecule has 142 valence electrons. The number of hydrogen-bond acceptors (Lipinski definition) is 6. The first-order valence-corrected chi connectivity index (χ1v) is 9.04. The molecule has 0 amide bonds. The molecule has 0 bridgehead atoms. The van der Waals surface area contributed by atoms with E-state index < -0.39 is 0 Å². The number of methoxy groups -OCH3 is 3. The molecule has 1 saturated heterocycles. The van der Waals surface area contributed by atoms with Crippen LogP contribution in [0.3, 0.4) is 0 Å². The molecular weight excluding hydrogens is 332 g/mol. The topological polar surface area (TPSA) is 56.1 Å². The van der Waals surface area contributed by atoms with E-state index in [1.165, 1.54) is 12.8 Å². The molecule has 1 fully saturated rings. The van der Waals surface area contributed by atoms with Crippen molar-refractivity contribution in [2.75, 3.05) is 41.0 Å². The van der Waals surface area contributed by atoms with Crippen LogP contribution < -0.4 is 19.5 Å². The highest BCUT2D eigenvalue weighted by Gasteiger charge is 2.25. The summed E-state index contributed by atoms with van der Waals surface area (Å²) in [6.07, 6.45) is 4.25. The number of nitrogens with one attached hydrogen (secondary N) is 1. The number of ether oxygens (including phenoxy) is 3. The molecule has 0 radical (unpaired) electrons. The van der Waals surface area contributed by atoms with Crippen LogP contribution in [0.2, 0.25) is 0 Å². The van der Waals surface area contributed by atoms with E-state index in [1.54, 1.807) is 27.6 Å². The van der Waals surface area contributed by atoms with Gasteiger partial charge in [0.1, 0.15) is 11.5 Å². The van der Waals surface area contributed by atoms with Gasteiger partial charge in [0.25, 0.3) is 0 Å². The Bertz CT molecular complexity index is 681. The highest BCUT2D eigenvalue weighted by Crippen LogP contribution is 2.34. The van der Waals surface area contributed by atoms with Crippen LogP contribution in [0, 0.1) is 0 Å². The van der Waals surface area contributed by atoms with E-state index in [1.807, 2.05) is 18.2 Å². The number of hydrogen-bond donors (Lipinski definition) is 1. The molecule has 0 spiro atoms. The molecule has 2 heterocycles. The van der Waals surface area contributed by atoms with Crippen LogP contribution in [0.4, 0.5) is 0 Å². The van der Waals surface area contributed by atoms with E-state index in [0.717, 1.165) is 36.7 Å². The summed E-state index contributed by atoms with van der Waals surface area (Å²) >= 11 is 0. The van der Waals surface area contributed by atoms with Crippen molar-refractivity contribution in [3.8, 4) is 17.2 Å². The molecule has 1 N–H and O–H groups in total. The summed E-state index contributed by atoms with van der Waals surface area (Å²) in [6.45, 7) is 3.72. The molecule has 1 atom stereocenters. The van der Waals surface area contributed by atoms with E-state index in [2.05, 4.69) is 16.3 Å². The Hall–Kier alpha value is -2.18. The van der Waals surface area contributed by atoms with Crippen LogP contribution in [0.25, 0.3) is 0 Å². The van der Waals surface area contributed by atoms with Gasteiger partial charge >= 0.3 is 0 Å². The van der Waals surface area contributed by atoms with E-state index in [9.17, 15) is 0 Å². The SMILES string of the molecule is COc1cc(OC)c(OC)cc1CNCC(c1ccco1)N1CCCC1. The molecule has 1 aromatic carbocycles. The lowest BCUT2D eigenvalue weighted by molar-refractivity contribution is 0.209. The molecule has 26 heavy (non-hydrogen) atoms. The van der Waals surface area contributed by atoms with Crippen molar-refractivity contribution in [2.45, 2.75) is 25.4 Å². The Balaban J connectivity index is 1.69. The Morgan fingerprint density at radius 2 is 1.73 bits per heavy atom. The molecule has 2 aromatic rings. The lowest BCUT2D eigenvalue weighted by Crippen LogP contribution is -2.33. The van der Waals surface area contributed by atoms with Crippen molar-refractivity contribution in [2.24, 2.45) is 0 Å². The van der Waals surface area contributed by atoms with Crippen LogP contribution in [0.15, 0.2) is 34.9 Å². The zero-order valence-corrected chi connectivity index (χ0v) is 15.8. The van der Waals surface area contributed by atoms with Crippen LogP contribution in [-0.2, 0) is 6.54 Å². The van der Waals surface area contributed by atoms with Crippen LogP contribution in [0.1, 0.15) is 30.2 Å². The van der Waals surface area contributed by atoms with Crippen LogP contribution >= 0.6 is 0 Å². The molecule has 1 unspecified atom stereocenters. The fourth-order valence-corrected chi connectivity index (χ4v) is 3.52. The first-order chi connectivity index (χ1) is 12.8. The number of benzene rings is 1. The number of likely N-dealkylation sites (tertiary alicyclic amines) is 1. The zero-order chi connectivity index (χ0) is 18.4. The van der Waals surface area contributed by atoms with Gasteiger partial charge in [-0.1, -0.05) is 0 Å². The Kier molecular flexibility index (Phi) is 6.41. The fraction of sp³-hybridized carbons (Fsp3) is 0.500. The van der Waals surface area contributed by atoms with Gasteiger partial charge in [-0.2, -0.15) is 0 Å². The van der Waals surface area contributed by atoms with Gasteiger partial charge in [0.05, 0.1) is 33.6 Å². The third-order valence-corrected chi connectivity index (χ3v) is 4.89. The minimum absolute atomic E-state index is 0.249. The van der Waals surface area contributed by atoms with Gasteiger partial charge in [-0.25, -0.2) is 0 Å². The standard InChI is InChI=1S/C20H28N2O4/c1-23-18-12-20(25-3)19(24-2)11-15(18)13-21-14-16(17-7-6-10-26-17)22-8-4-5-9-22/h6-7,10-12,16,21H,4-5,8-9,13-14H2,1-3H3. The monoisotopic (exact) mass is 360 g/mol. The molecule has 0 aliphatic carbocycles. The van der Waals surface area contributed by atoms with E-state index in [-0.39, 0.29) is 6.04 Å². The maximum Gasteiger partial charge on any atom is 0.164 e. The highest BCUT2D eigenvalue weighted by molar-refractivity contribution is 5.50. The molecule has 6 nitrogen and oxygen atoms in total. The van der Waals surface area contributed by atoms with Crippen molar-refractivity contribution in [1.82, 2.24) is 10.2 Å². The number of rotatable bonds is 9. The number of nitrogens with zero attached hydrogens (tertiary/aromatic N) is 1. The van der Waals surface area contributed by atoms with Gasteiger partial charge in [0, 0.05) is 24.7 Å². The Morgan fingerprint density at radius 1 is 1.04 bits per heavy atom. The second kappa shape index (κ2) is 8.96. The largest absolute Gasteiger partial charge is 0.496 e. The molecule has 0 saturated carbocycles. The Labute approximate surface area is 155 Å². The smallest absolute Gasteiger partial charge is 0.164 e. The third kappa shape index (κ3) is 4.14. The maximum atomic E-state index is 5.68. The summed E-state index contributed by atoms with van der Waals surface area (Å²) in [4.78, 5) is 2.48. The third-order valence-electron chi connectivity index (χ3n) is 4.89. The second-order valence-corrected chi connectivity index (χ2v) is 6.42. The summed E-state index contributed by atoms with van der Waals surface area (Å²) in [5.74, 6) is 3.16. The summed E-state index contributed by atoms with van der Waals surface area (Å²) in [6, 6.07) is 8.08. The molecule has 6 heteroatoms. The van der Waals surface area contributed by atoms with Crippen molar-refractivity contribution < 1.29 is 18.6 Å². The molecule has 1 aliphatic heterocycles. The Morgan fingerprint density at radius 3 is 2.35 bits per heavy atom. The first kappa shape index (κ1) is 18.6. The van der Waals surface area contributed by atoms with Gasteiger partial charge in [0.2, 0.25) is 0 Å². The summed E-state index contributed by atoms with van der Waals surface area (Å²) < 4.78 is 22.0. The quantitative estimate of drug-likeness (QED) is 0.741. The van der Waals surface area contributed by atoms with Crippen molar-refractivity contribution in [3.05, 3.63) is 41.9 Å². The van der Waals surface area contributed by atoms with Crippen LogP contribution in [-0.4, -0.2) is 45.9 Å². The lowest BCUT2D eigenvalue weighted by atomic mass is 10.1. The molecule has 1 aliphatic rings. The van der Waals surface area contributed by atoms with Gasteiger partial charge < -0.3 is 23.9 Å². The van der Waals surface area contributed by atoms with Gasteiger partial charge in [-0.05, 0) is 44.1 Å². The summed E-state index contributed by atoms with van der Waals surface area (Å²) in [7, 11) is 4.93. The zero-order valence-electron chi connectivity index (χ0n) is 15.8. The van der Waals surface area contributed by atoms with Gasteiger partial charge in [-0.15, -0.1) is 0 Å². The first-order valence-electron chi connectivity index (χ1n) is 9.04. The predicted molar refractivity (Wildman–Crippen MR) is 100 cm³/mol. The molecular formula is C20H28N2O4. The summed E-state index contributed by atoms with van der Waals surface area (Å²) in [5.41, 5.74) is 1.03. The lowest BCUT2D eigenvalue weighted by Gasteiger charge is -2.26. The van der Waals surface area contributed by atoms with Crippen molar-refractivity contribution in [1.29, 1.82) is 0 Å². The number of furan rings is 1. The highest BCUT2D eigenvalue weighted by atomic mass is 16.5. The van der Waals surface area contributed by atoms with Crippen molar-refractivity contribution >= 4 is 0 Å². The minimum Gasteiger partial charge on any atom is -0.496 e. The van der Waals surface area contributed by atoms with Crippen molar-refractivity contribution in [3.63, 3.8) is 0 Å². The van der Waals surface area contributed by atoms with E-state index in [4.69, 9.17) is 18.6 Å².